The quantitative estimate of drug-likeness (QED) is 0.477. The maximum Gasteiger partial charge on any atom is 0.146 e. The minimum Gasteiger partial charge on any atom is -0.422 e. The van der Waals surface area contributed by atoms with Crippen LogP contribution < -0.4 is 0 Å². The molecular formula is C14H33NO3Si. The molecule has 0 aromatic heterocycles. The van der Waals surface area contributed by atoms with Crippen LogP contribution in [0.3, 0.4) is 0 Å². The number of nitrogens with zero attached hydrogens (tertiary/aromatic N) is 1. The van der Waals surface area contributed by atoms with Crippen molar-refractivity contribution in [3.8, 4) is 0 Å². The van der Waals surface area contributed by atoms with Gasteiger partial charge in [0, 0.05) is 27.3 Å². The first-order chi connectivity index (χ1) is 9.17. The van der Waals surface area contributed by atoms with Crippen LogP contribution in [0.5, 0.6) is 0 Å². The zero-order valence-corrected chi connectivity index (χ0v) is 15.5. The van der Waals surface area contributed by atoms with E-state index in [-0.39, 0.29) is 5.60 Å². The van der Waals surface area contributed by atoms with Gasteiger partial charge in [-0.05, 0) is 32.2 Å². The molecule has 0 radical (unpaired) electrons. The van der Waals surface area contributed by atoms with E-state index in [1.165, 1.54) is 6.42 Å². The van der Waals surface area contributed by atoms with Crippen molar-refractivity contribution in [2.24, 2.45) is 0 Å². The van der Waals surface area contributed by atoms with Crippen LogP contribution in [-0.2, 0) is 13.9 Å². The molecule has 0 aliphatic rings. The van der Waals surface area contributed by atoms with Crippen LogP contribution in [0, 0.1) is 0 Å². The highest BCUT2D eigenvalue weighted by Gasteiger charge is 2.24. The fourth-order valence-electron chi connectivity index (χ4n) is 2.40. The summed E-state index contributed by atoms with van der Waals surface area (Å²) in [6.07, 6.45) is 4.56. The average molecular weight is 292 g/mol. The molecule has 0 aromatic carbocycles. The summed E-state index contributed by atoms with van der Waals surface area (Å²) < 4.78 is 16.2. The topological polar surface area (TPSA) is 30.9 Å². The maximum atomic E-state index is 5.85. The van der Waals surface area contributed by atoms with Crippen molar-refractivity contribution < 1.29 is 13.9 Å². The lowest BCUT2D eigenvalue weighted by molar-refractivity contribution is 0.0520. The third-order valence-electron chi connectivity index (χ3n) is 4.05. The zero-order chi connectivity index (χ0) is 14.6. The molecule has 0 unspecified atom stereocenters. The predicted molar refractivity (Wildman–Crippen MR) is 83.8 cm³/mol. The van der Waals surface area contributed by atoms with Crippen molar-refractivity contribution in [3.63, 3.8) is 0 Å². The Kier molecular flexibility index (Phi) is 11.9. The second-order valence-corrected chi connectivity index (χ2v) is 5.43. The van der Waals surface area contributed by atoms with Crippen LogP contribution >= 0.6 is 0 Å². The average Bonchev–Trinajstić information content (AvgIpc) is 2.46. The molecule has 0 amide bonds. The summed E-state index contributed by atoms with van der Waals surface area (Å²) in [5, 5.41) is 0. The maximum absolute atomic E-state index is 5.85. The summed E-state index contributed by atoms with van der Waals surface area (Å²) in [5.74, 6) is 0. The first kappa shape index (κ1) is 19.1. The normalized spacial score (nSPS) is 12.5. The Morgan fingerprint density at radius 3 is 1.84 bits per heavy atom. The van der Waals surface area contributed by atoms with Crippen molar-refractivity contribution >= 4 is 10.5 Å². The van der Waals surface area contributed by atoms with Gasteiger partial charge in [0.1, 0.15) is 10.5 Å². The lowest BCUT2D eigenvalue weighted by Crippen LogP contribution is -2.35. The van der Waals surface area contributed by atoms with Crippen molar-refractivity contribution in [1.29, 1.82) is 0 Å². The molecule has 0 saturated carbocycles. The summed E-state index contributed by atoms with van der Waals surface area (Å²) in [4.78, 5) is 2.41. The third kappa shape index (κ3) is 8.04. The second kappa shape index (κ2) is 11.8. The van der Waals surface area contributed by atoms with Crippen LogP contribution in [0.1, 0.15) is 39.5 Å². The van der Waals surface area contributed by atoms with E-state index in [2.05, 4.69) is 18.7 Å². The summed E-state index contributed by atoms with van der Waals surface area (Å²) >= 11 is 0. The van der Waals surface area contributed by atoms with E-state index in [0.29, 0.717) is 0 Å². The molecule has 0 saturated heterocycles. The largest absolute Gasteiger partial charge is 0.422 e. The number of ether oxygens (including phenoxy) is 2. The SMILES string of the molecule is CCC(CC)(CCCN(CCOC)CCOC)O[SiH3]. The Bertz CT molecular complexity index is 185. The van der Waals surface area contributed by atoms with E-state index in [1.807, 2.05) is 0 Å². The highest BCUT2D eigenvalue weighted by atomic mass is 28.2. The molecule has 0 bridgehead atoms. The highest BCUT2D eigenvalue weighted by Crippen LogP contribution is 2.25. The molecule has 0 heterocycles. The zero-order valence-electron chi connectivity index (χ0n) is 13.5. The van der Waals surface area contributed by atoms with Gasteiger partial charge in [0.15, 0.2) is 0 Å². The standard InChI is InChI=1S/C14H33NO3Si/c1-5-14(6-2,18-19)8-7-9-15(10-12-16-3)11-13-17-4/h5-13H2,1-4,19H3. The molecule has 4 nitrogen and oxygen atoms in total. The van der Waals surface area contributed by atoms with Gasteiger partial charge in [0.25, 0.3) is 0 Å². The van der Waals surface area contributed by atoms with E-state index >= 15 is 0 Å². The molecular weight excluding hydrogens is 258 g/mol. The molecule has 0 N–H and O–H groups in total. The van der Waals surface area contributed by atoms with Crippen molar-refractivity contribution in [2.45, 2.75) is 45.1 Å². The molecule has 0 aliphatic carbocycles. The van der Waals surface area contributed by atoms with Gasteiger partial charge in [-0.2, -0.15) is 0 Å². The fourth-order valence-corrected chi connectivity index (χ4v) is 3.18. The lowest BCUT2D eigenvalue weighted by Gasteiger charge is -2.32. The molecule has 19 heavy (non-hydrogen) atoms. The van der Waals surface area contributed by atoms with Gasteiger partial charge in [-0.15, -0.1) is 0 Å². The minimum atomic E-state index is 0.125. The van der Waals surface area contributed by atoms with E-state index in [9.17, 15) is 0 Å². The Hall–Kier alpha value is 0.0569. The van der Waals surface area contributed by atoms with E-state index in [4.69, 9.17) is 13.9 Å². The van der Waals surface area contributed by atoms with E-state index < -0.39 is 0 Å². The Morgan fingerprint density at radius 1 is 0.947 bits per heavy atom. The number of hydrogen-bond acceptors (Lipinski definition) is 4. The molecule has 0 rings (SSSR count). The van der Waals surface area contributed by atoms with E-state index in [0.717, 1.165) is 62.6 Å². The minimum absolute atomic E-state index is 0.125. The monoisotopic (exact) mass is 291 g/mol. The van der Waals surface area contributed by atoms with Gasteiger partial charge in [0.2, 0.25) is 0 Å². The molecule has 0 aromatic rings. The Balaban J connectivity index is 4.07. The van der Waals surface area contributed by atoms with Crippen molar-refractivity contribution in [3.05, 3.63) is 0 Å². The van der Waals surface area contributed by atoms with E-state index in [1.54, 1.807) is 14.2 Å². The van der Waals surface area contributed by atoms with Gasteiger partial charge in [-0.1, -0.05) is 13.8 Å². The summed E-state index contributed by atoms with van der Waals surface area (Å²) in [6.45, 7) is 9.09. The first-order valence-corrected chi connectivity index (χ1v) is 8.25. The van der Waals surface area contributed by atoms with Crippen LogP contribution in [-0.4, -0.2) is 68.1 Å². The van der Waals surface area contributed by atoms with Crippen molar-refractivity contribution in [1.82, 2.24) is 4.90 Å². The molecule has 0 aliphatic heterocycles. The van der Waals surface area contributed by atoms with Gasteiger partial charge in [0.05, 0.1) is 18.8 Å². The van der Waals surface area contributed by atoms with Crippen molar-refractivity contribution in [2.75, 3.05) is 47.1 Å². The molecule has 0 atom stereocenters. The number of methoxy groups -OCH3 is 2. The van der Waals surface area contributed by atoms with Crippen LogP contribution in [0.15, 0.2) is 0 Å². The van der Waals surface area contributed by atoms with Gasteiger partial charge >= 0.3 is 0 Å². The van der Waals surface area contributed by atoms with Gasteiger partial charge in [-0.25, -0.2) is 0 Å². The summed E-state index contributed by atoms with van der Waals surface area (Å²) in [7, 11) is 4.34. The lowest BCUT2D eigenvalue weighted by atomic mass is 9.92. The van der Waals surface area contributed by atoms with Crippen LogP contribution in [0.2, 0.25) is 0 Å². The first-order valence-electron chi connectivity index (χ1n) is 7.43. The summed E-state index contributed by atoms with van der Waals surface area (Å²) in [6, 6.07) is 0. The van der Waals surface area contributed by atoms with Crippen LogP contribution in [0.25, 0.3) is 0 Å². The molecule has 5 heteroatoms. The summed E-state index contributed by atoms with van der Waals surface area (Å²) in [5.41, 5.74) is 0.125. The fraction of sp³-hybridized carbons (Fsp3) is 1.00. The molecule has 0 fully saturated rings. The third-order valence-corrected chi connectivity index (χ3v) is 4.92. The number of hydrogen-bond donors (Lipinski definition) is 0. The molecule has 0 spiro atoms. The van der Waals surface area contributed by atoms with Gasteiger partial charge in [-0.3, -0.25) is 4.90 Å². The number of rotatable bonds is 13. The van der Waals surface area contributed by atoms with Gasteiger partial charge < -0.3 is 13.9 Å². The van der Waals surface area contributed by atoms with Crippen LogP contribution in [0.4, 0.5) is 0 Å². The molecule has 116 valence electrons. The predicted octanol–water partition coefficient (Wildman–Crippen LogP) is 1.22. The highest BCUT2D eigenvalue weighted by molar-refractivity contribution is 5.98. The Morgan fingerprint density at radius 2 is 1.47 bits per heavy atom. The Labute approximate surface area is 122 Å². The second-order valence-electron chi connectivity index (χ2n) is 5.03. The smallest absolute Gasteiger partial charge is 0.146 e.